The number of rotatable bonds is 8. The van der Waals surface area contributed by atoms with E-state index in [1.807, 2.05) is 31.2 Å². The number of aryl methyl sites for hydroxylation is 1. The lowest BCUT2D eigenvalue weighted by molar-refractivity contribution is -0.125. The number of hydrogen-bond acceptors (Lipinski definition) is 5. The van der Waals surface area contributed by atoms with Crippen molar-refractivity contribution in [3.8, 4) is 0 Å². The van der Waals surface area contributed by atoms with Crippen LogP contribution in [0.25, 0.3) is 0 Å². The van der Waals surface area contributed by atoms with Gasteiger partial charge in [0.25, 0.3) is 11.8 Å². The summed E-state index contributed by atoms with van der Waals surface area (Å²) in [7, 11) is 0. The zero-order valence-corrected chi connectivity index (χ0v) is 17.0. The fraction of sp³-hybridized carbons (Fsp3) is 0.318. The summed E-state index contributed by atoms with van der Waals surface area (Å²) in [6, 6.07) is 14.1. The Bertz CT molecular complexity index is 828. The van der Waals surface area contributed by atoms with Crippen LogP contribution in [0.5, 0.6) is 0 Å². The maximum Gasteiger partial charge on any atom is 0.338 e. The van der Waals surface area contributed by atoms with E-state index in [1.54, 1.807) is 24.3 Å². The first-order valence-corrected chi connectivity index (χ1v) is 9.68. The number of hydrogen-bond donors (Lipinski definition) is 2. The molecular weight excluding hydrogens is 370 g/mol. The average Bonchev–Trinajstić information content (AvgIpc) is 2.77. The van der Waals surface area contributed by atoms with Crippen LogP contribution in [-0.2, 0) is 16.0 Å². The molecule has 7 heteroatoms. The van der Waals surface area contributed by atoms with Crippen LogP contribution in [0.2, 0.25) is 0 Å². The van der Waals surface area contributed by atoms with Gasteiger partial charge in [0.1, 0.15) is 0 Å². The Balaban J connectivity index is 1.79. The fourth-order valence-corrected chi connectivity index (χ4v) is 2.74. The lowest BCUT2D eigenvalue weighted by atomic mass is 10.1. The molecule has 154 valence electrons. The Morgan fingerprint density at radius 3 is 1.97 bits per heavy atom. The normalized spacial score (nSPS) is 10.2. The minimum absolute atomic E-state index is 0.368. The molecule has 0 fully saturated rings. The molecular formula is C22H27N3O4. The molecule has 7 nitrogen and oxygen atoms in total. The molecule has 0 atom stereocenters. The summed E-state index contributed by atoms with van der Waals surface area (Å²) < 4.78 is 4.96. The first-order chi connectivity index (χ1) is 14.0. The molecule has 0 spiro atoms. The van der Waals surface area contributed by atoms with Crippen LogP contribution in [0.4, 0.5) is 5.69 Å². The molecule has 0 bridgehead atoms. The zero-order valence-electron chi connectivity index (χ0n) is 17.0. The van der Waals surface area contributed by atoms with Crippen molar-refractivity contribution in [2.45, 2.75) is 27.2 Å². The van der Waals surface area contributed by atoms with Crippen LogP contribution in [0, 0.1) is 0 Å². The molecule has 0 aliphatic rings. The van der Waals surface area contributed by atoms with Gasteiger partial charge in [-0.3, -0.25) is 20.4 Å². The van der Waals surface area contributed by atoms with Gasteiger partial charge in [0.05, 0.1) is 5.56 Å². The Hall–Kier alpha value is -3.35. The van der Waals surface area contributed by atoms with E-state index in [4.69, 9.17) is 4.74 Å². The first-order valence-electron chi connectivity index (χ1n) is 9.68. The average molecular weight is 397 g/mol. The van der Waals surface area contributed by atoms with Crippen molar-refractivity contribution in [1.29, 1.82) is 0 Å². The Labute approximate surface area is 171 Å². The van der Waals surface area contributed by atoms with Gasteiger partial charge in [0, 0.05) is 24.3 Å². The fourth-order valence-electron chi connectivity index (χ4n) is 2.74. The number of benzene rings is 2. The van der Waals surface area contributed by atoms with Crippen LogP contribution in [0.1, 0.15) is 47.1 Å². The minimum Gasteiger partial charge on any atom is -0.452 e. The molecule has 0 aliphatic heterocycles. The second kappa shape index (κ2) is 10.8. The van der Waals surface area contributed by atoms with E-state index < -0.39 is 24.4 Å². The van der Waals surface area contributed by atoms with Gasteiger partial charge in [-0.2, -0.15) is 0 Å². The molecule has 2 amide bonds. The van der Waals surface area contributed by atoms with Crippen LogP contribution in [-0.4, -0.2) is 37.5 Å². The number of esters is 1. The first kappa shape index (κ1) is 21.9. The van der Waals surface area contributed by atoms with Crippen molar-refractivity contribution in [1.82, 2.24) is 10.9 Å². The zero-order chi connectivity index (χ0) is 21.2. The molecule has 2 aromatic carbocycles. The summed E-state index contributed by atoms with van der Waals surface area (Å²) in [5.74, 6) is -1.68. The van der Waals surface area contributed by atoms with Gasteiger partial charge in [-0.1, -0.05) is 19.1 Å². The van der Waals surface area contributed by atoms with E-state index >= 15 is 0 Å². The van der Waals surface area contributed by atoms with Gasteiger partial charge in [-0.15, -0.1) is 0 Å². The lowest BCUT2D eigenvalue weighted by Crippen LogP contribution is -2.43. The van der Waals surface area contributed by atoms with Crippen molar-refractivity contribution in [2.24, 2.45) is 0 Å². The monoisotopic (exact) mass is 397 g/mol. The smallest absolute Gasteiger partial charge is 0.338 e. The Kier molecular flexibility index (Phi) is 8.21. The predicted octanol–water partition coefficient (Wildman–Crippen LogP) is 2.71. The maximum absolute atomic E-state index is 12.1. The molecule has 0 aliphatic carbocycles. The number of carbonyl (C=O) groups excluding carboxylic acids is 3. The number of nitrogens with one attached hydrogen (secondary N) is 2. The molecule has 0 unspecified atom stereocenters. The largest absolute Gasteiger partial charge is 0.452 e. The molecule has 0 radical (unpaired) electrons. The van der Waals surface area contributed by atoms with E-state index in [0.29, 0.717) is 11.1 Å². The van der Waals surface area contributed by atoms with E-state index in [9.17, 15) is 14.4 Å². The molecule has 2 rings (SSSR count). The highest BCUT2D eigenvalue weighted by Crippen LogP contribution is 2.14. The van der Waals surface area contributed by atoms with Crippen LogP contribution < -0.4 is 15.8 Å². The third-order valence-electron chi connectivity index (χ3n) is 4.51. The maximum atomic E-state index is 12.1. The summed E-state index contributed by atoms with van der Waals surface area (Å²) in [4.78, 5) is 38.1. The van der Waals surface area contributed by atoms with Crippen LogP contribution in [0.15, 0.2) is 48.5 Å². The van der Waals surface area contributed by atoms with Crippen LogP contribution >= 0.6 is 0 Å². The van der Waals surface area contributed by atoms with Crippen molar-refractivity contribution < 1.29 is 19.1 Å². The number of nitrogens with zero attached hydrogens (tertiary/aromatic N) is 1. The third kappa shape index (κ3) is 6.34. The van der Waals surface area contributed by atoms with Gasteiger partial charge >= 0.3 is 5.97 Å². The topological polar surface area (TPSA) is 87.7 Å². The Morgan fingerprint density at radius 2 is 1.41 bits per heavy atom. The standard InChI is InChI=1S/C22H27N3O4/c1-4-16-7-9-18(10-8-16)22(28)29-15-20(26)23-24-21(27)17-11-13-19(14-12-17)25(5-2)6-3/h7-14H,4-6,15H2,1-3H3,(H,23,26)(H,24,27). The third-order valence-corrected chi connectivity index (χ3v) is 4.51. The highest BCUT2D eigenvalue weighted by molar-refractivity contribution is 5.96. The molecule has 0 saturated heterocycles. The highest BCUT2D eigenvalue weighted by atomic mass is 16.5. The predicted molar refractivity (Wildman–Crippen MR) is 112 cm³/mol. The second-order valence-electron chi connectivity index (χ2n) is 6.35. The number of anilines is 1. The molecule has 2 aromatic rings. The number of ether oxygens (including phenoxy) is 1. The second-order valence-corrected chi connectivity index (χ2v) is 6.35. The van der Waals surface area contributed by atoms with Gasteiger partial charge in [0.2, 0.25) is 0 Å². The summed E-state index contributed by atoms with van der Waals surface area (Å²) in [5, 5.41) is 0. The molecule has 29 heavy (non-hydrogen) atoms. The summed E-state index contributed by atoms with van der Waals surface area (Å²) in [6.45, 7) is 7.40. The number of hydrazine groups is 1. The molecule has 2 N–H and O–H groups in total. The summed E-state index contributed by atoms with van der Waals surface area (Å²) in [6.07, 6.45) is 0.871. The molecule has 0 saturated carbocycles. The van der Waals surface area contributed by atoms with Crippen molar-refractivity contribution in [3.63, 3.8) is 0 Å². The number of amides is 2. The van der Waals surface area contributed by atoms with E-state index in [2.05, 4.69) is 29.6 Å². The Morgan fingerprint density at radius 1 is 0.828 bits per heavy atom. The highest BCUT2D eigenvalue weighted by Gasteiger charge is 2.12. The van der Waals surface area contributed by atoms with E-state index in [0.717, 1.165) is 30.8 Å². The molecule has 0 heterocycles. The SMILES string of the molecule is CCc1ccc(C(=O)OCC(=O)NNC(=O)c2ccc(N(CC)CC)cc2)cc1. The quantitative estimate of drug-likeness (QED) is 0.528. The van der Waals surface area contributed by atoms with Gasteiger partial charge in [-0.05, 0) is 62.2 Å². The van der Waals surface area contributed by atoms with Gasteiger partial charge < -0.3 is 9.64 Å². The van der Waals surface area contributed by atoms with Gasteiger partial charge in [-0.25, -0.2) is 4.79 Å². The number of carbonyl (C=O) groups is 3. The van der Waals surface area contributed by atoms with E-state index in [1.165, 1.54) is 0 Å². The van der Waals surface area contributed by atoms with E-state index in [-0.39, 0.29) is 0 Å². The summed E-state index contributed by atoms with van der Waals surface area (Å²) in [5.41, 5.74) is 7.46. The summed E-state index contributed by atoms with van der Waals surface area (Å²) >= 11 is 0. The van der Waals surface area contributed by atoms with Gasteiger partial charge in [0.15, 0.2) is 6.61 Å². The van der Waals surface area contributed by atoms with Crippen molar-refractivity contribution >= 4 is 23.5 Å². The van der Waals surface area contributed by atoms with Crippen molar-refractivity contribution in [3.05, 3.63) is 65.2 Å². The van der Waals surface area contributed by atoms with Crippen LogP contribution in [0.3, 0.4) is 0 Å². The molecule has 0 aromatic heterocycles. The lowest BCUT2D eigenvalue weighted by Gasteiger charge is -2.21. The van der Waals surface area contributed by atoms with Crippen molar-refractivity contribution in [2.75, 3.05) is 24.6 Å². The minimum atomic E-state index is -0.628.